The van der Waals surface area contributed by atoms with Gasteiger partial charge in [-0.05, 0) is 6.26 Å². The molecule has 1 aliphatic rings. The highest BCUT2D eigenvalue weighted by Gasteiger charge is 2.18. The number of thioether (sulfide) groups is 1. The number of carbonyl (C=O) groups excluding carboxylic acids is 1. The smallest absolute Gasteiger partial charge is 0.246 e. The molecule has 2 N–H and O–H groups in total. The maximum Gasteiger partial charge on any atom is 0.246 e. The van der Waals surface area contributed by atoms with Crippen LogP contribution in [0.15, 0.2) is 0 Å². The Balaban J connectivity index is 0.00000196. The van der Waals surface area contributed by atoms with Gasteiger partial charge in [-0.2, -0.15) is 11.8 Å². The van der Waals surface area contributed by atoms with E-state index >= 15 is 0 Å². The summed E-state index contributed by atoms with van der Waals surface area (Å²) in [5.74, 6) is -0.0159. The van der Waals surface area contributed by atoms with Crippen molar-refractivity contribution < 1.29 is 9.53 Å². The third-order valence-electron chi connectivity index (χ3n) is 2.18. The zero-order valence-corrected chi connectivity index (χ0v) is 10.7. The zero-order valence-electron chi connectivity index (χ0n) is 9.12. The van der Waals surface area contributed by atoms with Crippen molar-refractivity contribution in [3.05, 3.63) is 0 Å². The van der Waals surface area contributed by atoms with Gasteiger partial charge in [-0.15, -0.1) is 12.4 Å². The van der Waals surface area contributed by atoms with Gasteiger partial charge in [-0.25, -0.2) is 0 Å². The first-order valence-corrected chi connectivity index (χ1v) is 6.13. The summed E-state index contributed by atoms with van der Waals surface area (Å²) in [6, 6.07) is 0. The lowest BCUT2D eigenvalue weighted by molar-refractivity contribution is -0.128. The third-order valence-corrected chi connectivity index (χ3v) is 3.15. The van der Waals surface area contributed by atoms with Crippen molar-refractivity contribution in [1.29, 1.82) is 0 Å². The molecule has 15 heavy (non-hydrogen) atoms. The molecular formula is C9H19ClN2O2S. The second kappa shape index (κ2) is 8.21. The normalized spacial score (nSPS) is 17.5. The highest BCUT2D eigenvalue weighted by molar-refractivity contribution is 7.99. The van der Waals surface area contributed by atoms with Crippen molar-refractivity contribution in [3.63, 3.8) is 0 Å². The van der Waals surface area contributed by atoms with Gasteiger partial charge in [-0.1, -0.05) is 6.92 Å². The summed E-state index contributed by atoms with van der Waals surface area (Å²) < 4.78 is 5.32. The fraction of sp³-hybridized carbons (Fsp3) is 0.889. The lowest BCUT2D eigenvalue weighted by Crippen LogP contribution is -2.49. The van der Waals surface area contributed by atoms with Crippen LogP contribution in [0.3, 0.4) is 0 Å². The number of carbonyl (C=O) groups is 1. The Morgan fingerprint density at radius 3 is 2.80 bits per heavy atom. The van der Waals surface area contributed by atoms with Crippen LogP contribution in [0.25, 0.3) is 0 Å². The van der Waals surface area contributed by atoms with Crippen molar-refractivity contribution in [2.24, 2.45) is 0 Å². The summed E-state index contributed by atoms with van der Waals surface area (Å²) in [5, 5.41) is 6.38. The quantitative estimate of drug-likeness (QED) is 0.714. The molecule has 0 aromatic rings. The fourth-order valence-electron chi connectivity index (χ4n) is 0.966. The van der Waals surface area contributed by atoms with Gasteiger partial charge in [0.15, 0.2) is 0 Å². The Bertz CT molecular complexity index is 180. The number of rotatable bonds is 6. The molecule has 1 amide bonds. The predicted octanol–water partition coefficient (Wildman–Crippen LogP) is 0.264. The van der Waals surface area contributed by atoms with Crippen LogP contribution in [0.5, 0.6) is 0 Å². The monoisotopic (exact) mass is 254 g/mol. The molecule has 0 saturated carbocycles. The van der Waals surface area contributed by atoms with Crippen molar-refractivity contribution >= 4 is 30.1 Å². The SMILES string of the molecule is CSC(C)CNC(=O)COC1CNC1.Cl. The van der Waals surface area contributed by atoms with E-state index in [9.17, 15) is 4.79 Å². The molecule has 90 valence electrons. The van der Waals surface area contributed by atoms with E-state index in [4.69, 9.17) is 4.74 Å². The molecule has 1 saturated heterocycles. The number of amides is 1. The zero-order chi connectivity index (χ0) is 10.4. The van der Waals surface area contributed by atoms with E-state index < -0.39 is 0 Å². The van der Waals surface area contributed by atoms with Crippen molar-refractivity contribution in [1.82, 2.24) is 10.6 Å². The van der Waals surface area contributed by atoms with E-state index in [0.29, 0.717) is 11.8 Å². The highest BCUT2D eigenvalue weighted by Crippen LogP contribution is 2.02. The van der Waals surface area contributed by atoms with Crippen LogP contribution < -0.4 is 10.6 Å². The molecule has 0 aromatic heterocycles. The van der Waals surface area contributed by atoms with E-state index in [1.165, 1.54) is 0 Å². The summed E-state index contributed by atoms with van der Waals surface area (Å²) in [7, 11) is 0. The molecule has 1 heterocycles. The maximum absolute atomic E-state index is 11.2. The number of hydrogen-bond donors (Lipinski definition) is 2. The lowest BCUT2D eigenvalue weighted by atomic mass is 10.2. The van der Waals surface area contributed by atoms with E-state index in [1.54, 1.807) is 11.8 Å². The molecule has 1 fully saturated rings. The molecular weight excluding hydrogens is 236 g/mol. The standard InChI is InChI=1S/C9H18N2O2S.ClH/c1-7(14-2)3-11-9(12)6-13-8-4-10-5-8;/h7-8,10H,3-6H2,1-2H3,(H,11,12);1H. The minimum absolute atomic E-state index is 0. The second-order valence-electron chi connectivity index (χ2n) is 3.44. The van der Waals surface area contributed by atoms with Crippen molar-refractivity contribution in [2.45, 2.75) is 18.3 Å². The largest absolute Gasteiger partial charge is 0.366 e. The first kappa shape index (κ1) is 15.0. The van der Waals surface area contributed by atoms with Gasteiger partial charge in [0.1, 0.15) is 6.61 Å². The topological polar surface area (TPSA) is 50.4 Å². The summed E-state index contributed by atoms with van der Waals surface area (Å²) in [5.41, 5.74) is 0. The Morgan fingerprint density at radius 1 is 1.67 bits per heavy atom. The van der Waals surface area contributed by atoms with E-state index in [0.717, 1.165) is 13.1 Å². The molecule has 1 aliphatic heterocycles. The van der Waals surface area contributed by atoms with Crippen molar-refractivity contribution in [2.75, 3.05) is 32.5 Å². The molecule has 0 spiro atoms. The molecule has 1 unspecified atom stereocenters. The third kappa shape index (κ3) is 6.25. The molecule has 0 aromatic carbocycles. The Morgan fingerprint density at radius 2 is 2.33 bits per heavy atom. The summed E-state index contributed by atoms with van der Waals surface area (Å²) >= 11 is 1.74. The predicted molar refractivity (Wildman–Crippen MR) is 65.8 cm³/mol. The Labute approximate surface area is 101 Å². The van der Waals surface area contributed by atoms with Gasteiger partial charge in [0.05, 0.1) is 6.10 Å². The van der Waals surface area contributed by atoms with Gasteiger partial charge < -0.3 is 15.4 Å². The molecule has 4 nitrogen and oxygen atoms in total. The highest BCUT2D eigenvalue weighted by atomic mass is 35.5. The minimum atomic E-state index is -0.0159. The average Bonchev–Trinajstić information content (AvgIpc) is 2.11. The van der Waals surface area contributed by atoms with Crippen LogP contribution in [0.4, 0.5) is 0 Å². The Hall–Kier alpha value is 0.0300. The van der Waals surface area contributed by atoms with Gasteiger partial charge in [0, 0.05) is 24.9 Å². The molecule has 0 radical (unpaired) electrons. The molecule has 6 heteroatoms. The summed E-state index contributed by atoms with van der Waals surface area (Å²) in [6.07, 6.45) is 2.27. The fourth-order valence-corrected chi connectivity index (χ4v) is 1.22. The van der Waals surface area contributed by atoms with E-state index in [2.05, 4.69) is 17.6 Å². The minimum Gasteiger partial charge on any atom is -0.366 e. The first-order chi connectivity index (χ1) is 6.72. The number of nitrogens with one attached hydrogen (secondary N) is 2. The van der Waals surface area contributed by atoms with Crippen molar-refractivity contribution in [3.8, 4) is 0 Å². The molecule has 0 bridgehead atoms. The van der Waals surface area contributed by atoms with Gasteiger partial charge in [-0.3, -0.25) is 4.79 Å². The molecule has 1 rings (SSSR count). The maximum atomic E-state index is 11.2. The average molecular weight is 255 g/mol. The van der Waals surface area contributed by atoms with Gasteiger partial charge in [0.2, 0.25) is 5.91 Å². The molecule has 1 atom stereocenters. The van der Waals surface area contributed by atoms with Crippen LogP contribution in [-0.4, -0.2) is 49.8 Å². The van der Waals surface area contributed by atoms with E-state index in [-0.39, 0.29) is 31.0 Å². The number of ether oxygens (including phenoxy) is 1. The lowest BCUT2D eigenvalue weighted by Gasteiger charge is -2.26. The van der Waals surface area contributed by atoms with E-state index in [1.807, 2.05) is 6.26 Å². The van der Waals surface area contributed by atoms with Gasteiger partial charge in [0.25, 0.3) is 0 Å². The Kier molecular flexibility index (Phi) is 8.23. The van der Waals surface area contributed by atoms with Crippen LogP contribution >= 0.6 is 24.2 Å². The summed E-state index contributed by atoms with van der Waals surface area (Å²) in [6.45, 7) is 4.73. The van der Waals surface area contributed by atoms with Crippen LogP contribution in [0.1, 0.15) is 6.92 Å². The summed E-state index contributed by atoms with van der Waals surface area (Å²) in [4.78, 5) is 11.2. The van der Waals surface area contributed by atoms with Gasteiger partial charge >= 0.3 is 0 Å². The van der Waals surface area contributed by atoms with Crippen LogP contribution in [0.2, 0.25) is 0 Å². The van der Waals surface area contributed by atoms with Crippen LogP contribution in [0, 0.1) is 0 Å². The number of hydrogen-bond acceptors (Lipinski definition) is 4. The molecule has 0 aliphatic carbocycles. The number of halogens is 1. The first-order valence-electron chi connectivity index (χ1n) is 4.84. The van der Waals surface area contributed by atoms with Crippen LogP contribution in [-0.2, 0) is 9.53 Å². The second-order valence-corrected chi connectivity index (χ2v) is 4.72.